The van der Waals surface area contributed by atoms with Crippen molar-refractivity contribution in [3.8, 4) is 11.8 Å². The quantitative estimate of drug-likeness (QED) is 0.114. The zero-order chi connectivity index (χ0) is 23.6. The smallest absolute Gasteiger partial charge is 0.261 e. The molecule has 0 unspecified atom stereocenters. The molecule has 0 bridgehead atoms. The number of halogens is 3. The molecule has 3 rings (SSSR count). The zero-order valence-corrected chi connectivity index (χ0v) is 23.0. The summed E-state index contributed by atoms with van der Waals surface area (Å²) in [7, 11) is 0. The Morgan fingerprint density at radius 3 is 2.33 bits per heavy atom. The number of hydrogen-bond donors (Lipinski definition) is 1. The SMILES string of the molecule is N#C/C(=C/c1cc(Br)c(OCc2ccc(I)cc2)c(Br)c1)C(=O)NCCCc1ccccc1. The number of nitriles is 1. The van der Waals surface area contributed by atoms with Gasteiger partial charge in [0.2, 0.25) is 0 Å². The van der Waals surface area contributed by atoms with E-state index in [9.17, 15) is 10.1 Å². The molecule has 0 spiro atoms. The lowest BCUT2D eigenvalue weighted by Gasteiger charge is -2.12. The number of benzene rings is 3. The Labute approximate surface area is 224 Å². The molecule has 0 aliphatic heterocycles. The molecule has 0 aromatic heterocycles. The van der Waals surface area contributed by atoms with E-state index in [1.807, 2.05) is 60.7 Å². The maximum absolute atomic E-state index is 12.5. The van der Waals surface area contributed by atoms with Crippen molar-refractivity contribution < 1.29 is 9.53 Å². The molecular formula is C26H21Br2IN2O2. The number of carbonyl (C=O) groups excluding carboxylic acids is 1. The van der Waals surface area contributed by atoms with Gasteiger partial charge in [0, 0.05) is 10.1 Å². The van der Waals surface area contributed by atoms with Crippen LogP contribution in [0.15, 0.2) is 81.2 Å². The number of nitrogens with one attached hydrogen (secondary N) is 1. The third-order valence-corrected chi connectivity index (χ3v) is 6.66. The zero-order valence-electron chi connectivity index (χ0n) is 17.7. The average molecular weight is 680 g/mol. The third kappa shape index (κ3) is 7.98. The lowest BCUT2D eigenvalue weighted by atomic mass is 10.1. The Morgan fingerprint density at radius 1 is 1.03 bits per heavy atom. The summed E-state index contributed by atoms with van der Waals surface area (Å²) in [6.45, 7) is 0.934. The Morgan fingerprint density at radius 2 is 1.70 bits per heavy atom. The van der Waals surface area contributed by atoms with E-state index in [0.29, 0.717) is 24.5 Å². The molecule has 0 heterocycles. The van der Waals surface area contributed by atoms with Gasteiger partial charge < -0.3 is 10.1 Å². The molecule has 1 N–H and O–H groups in total. The number of amides is 1. The lowest BCUT2D eigenvalue weighted by molar-refractivity contribution is -0.117. The van der Waals surface area contributed by atoms with E-state index < -0.39 is 0 Å². The van der Waals surface area contributed by atoms with Crippen molar-refractivity contribution in [2.75, 3.05) is 6.54 Å². The highest BCUT2D eigenvalue weighted by Crippen LogP contribution is 2.36. The molecule has 0 radical (unpaired) electrons. The van der Waals surface area contributed by atoms with Crippen LogP contribution in [-0.4, -0.2) is 12.5 Å². The van der Waals surface area contributed by atoms with Crippen molar-refractivity contribution in [2.24, 2.45) is 0 Å². The molecule has 3 aromatic rings. The van der Waals surface area contributed by atoms with Gasteiger partial charge in [-0.1, -0.05) is 42.5 Å². The van der Waals surface area contributed by atoms with Crippen LogP contribution in [0.1, 0.15) is 23.1 Å². The van der Waals surface area contributed by atoms with E-state index in [0.717, 1.165) is 27.4 Å². The minimum absolute atomic E-state index is 0.0565. The fourth-order valence-electron chi connectivity index (χ4n) is 3.09. The molecule has 0 aliphatic rings. The van der Waals surface area contributed by atoms with E-state index in [-0.39, 0.29) is 11.5 Å². The second kappa shape index (κ2) is 12.9. The summed E-state index contributed by atoms with van der Waals surface area (Å²) >= 11 is 9.34. The molecule has 4 nitrogen and oxygen atoms in total. The summed E-state index contributed by atoms with van der Waals surface area (Å²) < 4.78 is 8.60. The number of rotatable bonds is 9. The van der Waals surface area contributed by atoms with E-state index >= 15 is 0 Å². The van der Waals surface area contributed by atoms with Crippen LogP contribution >= 0.6 is 54.5 Å². The third-order valence-electron chi connectivity index (χ3n) is 4.76. The van der Waals surface area contributed by atoms with Crippen molar-refractivity contribution >= 4 is 66.4 Å². The fourth-order valence-corrected chi connectivity index (χ4v) is 4.90. The highest BCUT2D eigenvalue weighted by atomic mass is 127. The molecule has 0 saturated carbocycles. The van der Waals surface area contributed by atoms with Crippen LogP contribution in [0.4, 0.5) is 0 Å². The van der Waals surface area contributed by atoms with Crippen molar-refractivity contribution in [1.82, 2.24) is 5.32 Å². The van der Waals surface area contributed by atoms with Gasteiger partial charge in [0.05, 0.1) is 8.95 Å². The van der Waals surface area contributed by atoms with Gasteiger partial charge in [-0.15, -0.1) is 0 Å². The standard InChI is InChI=1S/C26H21Br2IN2O2/c27-23-14-20(15-24(28)25(23)33-17-19-8-10-22(29)11-9-19)13-21(16-30)26(32)31-12-4-7-18-5-2-1-3-6-18/h1-3,5-6,8-11,13-15H,4,7,12,17H2,(H,31,32)/b21-13-. The van der Waals surface area contributed by atoms with Gasteiger partial charge in [-0.25, -0.2) is 0 Å². The molecule has 0 fully saturated rings. The van der Waals surface area contributed by atoms with Gasteiger partial charge >= 0.3 is 0 Å². The van der Waals surface area contributed by atoms with Gasteiger partial charge in [-0.3, -0.25) is 4.79 Å². The lowest BCUT2D eigenvalue weighted by Crippen LogP contribution is -2.25. The maximum Gasteiger partial charge on any atom is 0.261 e. The maximum atomic E-state index is 12.5. The molecule has 7 heteroatoms. The minimum atomic E-state index is -0.378. The Bertz CT molecular complexity index is 1150. The van der Waals surface area contributed by atoms with Gasteiger partial charge in [0.15, 0.2) is 0 Å². The minimum Gasteiger partial charge on any atom is -0.487 e. The highest BCUT2D eigenvalue weighted by molar-refractivity contribution is 14.1. The number of aryl methyl sites for hydroxylation is 1. The average Bonchev–Trinajstić information content (AvgIpc) is 2.81. The summed E-state index contributed by atoms with van der Waals surface area (Å²) in [5, 5.41) is 12.3. The molecule has 1 amide bonds. The van der Waals surface area contributed by atoms with E-state index in [1.54, 1.807) is 6.08 Å². The van der Waals surface area contributed by atoms with E-state index in [1.165, 1.54) is 9.13 Å². The molecule has 0 saturated heterocycles. The van der Waals surface area contributed by atoms with Crippen molar-refractivity contribution in [3.05, 3.63) is 102 Å². The Kier molecular flexibility index (Phi) is 9.97. The number of ether oxygens (including phenoxy) is 1. The van der Waals surface area contributed by atoms with Crippen LogP contribution in [0.5, 0.6) is 5.75 Å². The van der Waals surface area contributed by atoms with Gasteiger partial charge in [0.1, 0.15) is 24.0 Å². The van der Waals surface area contributed by atoms with Gasteiger partial charge in [-0.05, 0) is 114 Å². The first-order valence-electron chi connectivity index (χ1n) is 10.3. The summed E-state index contributed by atoms with van der Waals surface area (Å²) in [5.41, 5.74) is 3.06. The van der Waals surface area contributed by atoms with Crippen molar-refractivity contribution in [1.29, 1.82) is 5.26 Å². The Hall–Kier alpha value is -2.15. The summed E-state index contributed by atoms with van der Waals surface area (Å²) in [6.07, 6.45) is 3.25. The van der Waals surface area contributed by atoms with Crippen LogP contribution in [-0.2, 0) is 17.8 Å². The largest absolute Gasteiger partial charge is 0.487 e. The highest BCUT2D eigenvalue weighted by Gasteiger charge is 2.12. The monoisotopic (exact) mass is 678 g/mol. The van der Waals surface area contributed by atoms with Crippen molar-refractivity contribution in [2.45, 2.75) is 19.4 Å². The van der Waals surface area contributed by atoms with Crippen molar-refractivity contribution in [3.63, 3.8) is 0 Å². The molecule has 3 aromatic carbocycles. The number of nitrogens with zero attached hydrogens (tertiary/aromatic N) is 1. The molecule has 0 aliphatic carbocycles. The normalized spacial score (nSPS) is 11.0. The number of carbonyl (C=O) groups is 1. The summed E-state index contributed by atoms with van der Waals surface area (Å²) in [5.74, 6) is 0.284. The molecular weight excluding hydrogens is 659 g/mol. The first-order valence-corrected chi connectivity index (χ1v) is 12.9. The van der Waals surface area contributed by atoms with Crippen LogP contribution < -0.4 is 10.1 Å². The first kappa shape index (κ1) is 25.5. The first-order chi connectivity index (χ1) is 16.0. The molecule has 33 heavy (non-hydrogen) atoms. The predicted molar refractivity (Wildman–Crippen MR) is 147 cm³/mol. The van der Waals surface area contributed by atoms with Gasteiger partial charge in [-0.2, -0.15) is 5.26 Å². The molecule has 0 atom stereocenters. The Balaban J connectivity index is 1.60. The van der Waals surface area contributed by atoms with Crippen LogP contribution in [0.3, 0.4) is 0 Å². The summed E-state index contributed by atoms with van der Waals surface area (Å²) in [4.78, 5) is 12.5. The second-order valence-electron chi connectivity index (χ2n) is 7.24. The van der Waals surface area contributed by atoms with E-state index in [4.69, 9.17) is 4.74 Å². The van der Waals surface area contributed by atoms with E-state index in [2.05, 4.69) is 71.9 Å². The molecule has 168 valence electrons. The van der Waals surface area contributed by atoms with Crippen LogP contribution in [0.25, 0.3) is 6.08 Å². The summed E-state index contributed by atoms with van der Waals surface area (Å²) in [6, 6.07) is 23.9. The fraction of sp³-hybridized carbons (Fsp3) is 0.154. The van der Waals surface area contributed by atoms with Crippen LogP contribution in [0, 0.1) is 14.9 Å². The number of hydrogen-bond acceptors (Lipinski definition) is 3. The van der Waals surface area contributed by atoms with Gasteiger partial charge in [0.25, 0.3) is 5.91 Å². The second-order valence-corrected chi connectivity index (χ2v) is 10.2. The predicted octanol–water partition coefficient (Wildman–Crippen LogP) is 7.05. The van der Waals surface area contributed by atoms with Crippen LogP contribution in [0.2, 0.25) is 0 Å². The topological polar surface area (TPSA) is 62.1 Å².